The van der Waals surface area contributed by atoms with Gasteiger partial charge in [-0.1, -0.05) is 30.3 Å². The molecule has 0 saturated heterocycles. The summed E-state index contributed by atoms with van der Waals surface area (Å²) < 4.78 is 16.5. The lowest BCUT2D eigenvalue weighted by molar-refractivity contribution is 0.0601. The van der Waals surface area contributed by atoms with Crippen molar-refractivity contribution in [3.05, 3.63) is 83.9 Å². The number of fused-ring (bicyclic) bond motifs is 1. The molecule has 0 saturated carbocycles. The van der Waals surface area contributed by atoms with Gasteiger partial charge in [0.25, 0.3) is 0 Å². The van der Waals surface area contributed by atoms with E-state index in [2.05, 4.69) is 23.2 Å². The van der Waals surface area contributed by atoms with E-state index in [1.165, 1.54) is 7.11 Å². The maximum atomic E-state index is 12.0. The molecule has 0 spiro atoms. The largest absolute Gasteiger partial charge is 0.497 e. The minimum Gasteiger partial charge on any atom is -0.497 e. The molecule has 0 bridgehead atoms. The van der Waals surface area contributed by atoms with Gasteiger partial charge in [-0.05, 0) is 55.0 Å². The summed E-state index contributed by atoms with van der Waals surface area (Å²) in [5.41, 5.74) is 3.58. The van der Waals surface area contributed by atoms with Crippen molar-refractivity contribution in [3.8, 4) is 11.5 Å². The summed E-state index contributed by atoms with van der Waals surface area (Å²) in [7, 11) is 3.07. The molecule has 1 unspecified atom stereocenters. The number of ether oxygens (including phenoxy) is 3. The summed E-state index contributed by atoms with van der Waals surface area (Å²) >= 11 is 0. The van der Waals surface area contributed by atoms with Crippen LogP contribution in [0.25, 0.3) is 0 Å². The van der Waals surface area contributed by atoms with Gasteiger partial charge in [0.15, 0.2) is 0 Å². The van der Waals surface area contributed by atoms with E-state index >= 15 is 0 Å². The molecule has 0 fully saturated rings. The third-order valence-electron chi connectivity index (χ3n) is 5.66. The molecule has 1 N–H and O–H groups in total. The van der Waals surface area contributed by atoms with Crippen molar-refractivity contribution in [2.45, 2.75) is 19.1 Å². The van der Waals surface area contributed by atoms with Crippen molar-refractivity contribution in [1.82, 2.24) is 5.32 Å². The second kappa shape index (κ2) is 11.1. The average Bonchev–Trinajstić information content (AvgIpc) is 2.86. The molecule has 3 aromatic carbocycles. The quantitative estimate of drug-likeness (QED) is 0.484. The van der Waals surface area contributed by atoms with Crippen LogP contribution < -0.4 is 19.7 Å². The minimum atomic E-state index is -0.348. The second-order valence-electron chi connectivity index (χ2n) is 7.77. The predicted octanol–water partition coefficient (Wildman–Crippen LogP) is 5.15. The van der Waals surface area contributed by atoms with Gasteiger partial charge in [0.2, 0.25) is 0 Å². The summed E-state index contributed by atoms with van der Waals surface area (Å²) in [6.07, 6.45) is -0.0697. The molecule has 2 atom stereocenters. The summed E-state index contributed by atoms with van der Waals surface area (Å²) in [4.78, 5) is 14.2. The van der Waals surface area contributed by atoms with Crippen molar-refractivity contribution in [3.63, 3.8) is 0 Å². The molecule has 33 heavy (non-hydrogen) atoms. The van der Waals surface area contributed by atoms with E-state index in [1.54, 1.807) is 13.2 Å². The third-order valence-corrected chi connectivity index (χ3v) is 5.66. The normalized spacial score (nSPS) is 15.5. The first-order chi connectivity index (χ1) is 15.6. The SMILES string of the molecule is COC(=O)c1cccc(N2CC(CN[C@H](C)c3cccc(OC)c3)Oc3ccccc32)c1.Cl. The Kier molecular flexibility index (Phi) is 8.20. The van der Waals surface area contributed by atoms with Gasteiger partial charge in [0.05, 0.1) is 32.0 Å². The highest BCUT2D eigenvalue weighted by molar-refractivity contribution is 5.91. The Balaban J connectivity index is 0.00000306. The molecule has 1 aliphatic rings. The zero-order valence-electron chi connectivity index (χ0n) is 19.0. The Morgan fingerprint density at radius 3 is 2.67 bits per heavy atom. The number of benzene rings is 3. The number of para-hydroxylation sites is 2. The lowest BCUT2D eigenvalue weighted by atomic mass is 10.1. The maximum absolute atomic E-state index is 12.0. The zero-order valence-corrected chi connectivity index (χ0v) is 19.8. The van der Waals surface area contributed by atoms with Crippen LogP contribution in [0.2, 0.25) is 0 Å². The first kappa shape index (κ1) is 24.4. The fourth-order valence-corrected chi connectivity index (χ4v) is 3.90. The van der Waals surface area contributed by atoms with Crippen LogP contribution in [0.15, 0.2) is 72.8 Å². The van der Waals surface area contributed by atoms with Crippen LogP contribution in [0.4, 0.5) is 11.4 Å². The molecule has 7 heteroatoms. The smallest absolute Gasteiger partial charge is 0.337 e. The standard InChI is InChI=1S/C26H28N2O4.ClH/c1-18(19-8-7-11-22(15-19)30-2)27-16-23-17-28(24-12-4-5-13-25(24)32-23)21-10-6-9-20(14-21)26(29)31-3;/h4-15,18,23,27H,16-17H2,1-3H3;1H/t18-,23?;/m1./s1. The number of esters is 1. The van der Waals surface area contributed by atoms with Gasteiger partial charge < -0.3 is 24.4 Å². The number of hydrogen-bond donors (Lipinski definition) is 1. The van der Waals surface area contributed by atoms with Gasteiger partial charge in [-0.15, -0.1) is 12.4 Å². The molecule has 174 valence electrons. The Labute approximate surface area is 200 Å². The summed E-state index contributed by atoms with van der Waals surface area (Å²) in [6, 6.07) is 23.7. The summed E-state index contributed by atoms with van der Waals surface area (Å²) in [6.45, 7) is 3.45. The molecule has 0 radical (unpaired) electrons. The van der Waals surface area contributed by atoms with Gasteiger partial charge >= 0.3 is 5.97 Å². The van der Waals surface area contributed by atoms with Crippen LogP contribution in [0.3, 0.4) is 0 Å². The predicted molar refractivity (Wildman–Crippen MR) is 132 cm³/mol. The van der Waals surface area contributed by atoms with E-state index in [0.29, 0.717) is 18.7 Å². The van der Waals surface area contributed by atoms with Crippen LogP contribution in [0.1, 0.15) is 28.9 Å². The van der Waals surface area contributed by atoms with Gasteiger partial charge in [0.1, 0.15) is 17.6 Å². The Morgan fingerprint density at radius 2 is 1.88 bits per heavy atom. The molecule has 0 aromatic heterocycles. The highest BCUT2D eigenvalue weighted by Gasteiger charge is 2.27. The highest BCUT2D eigenvalue weighted by atomic mass is 35.5. The van der Waals surface area contributed by atoms with Crippen molar-refractivity contribution < 1.29 is 19.0 Å². The average molecular weight is 469 g/mol. The van der Waals surface area contributed by atoms with Crippen LogP contribution >= 0.6 is 12.4 Å². The molecule has 1 aliphatic heterocycles. The molecule has 3 aromatic rings. The molecule has 1 heterocycles. The van der Waals surface area contributed by atoms with Crippen molar-refractivity contribution in [2.24, 2.45) is 0 Å². The van der Waals surface area contributed by atoms with Gasteiger partial charge in [-0.3, -0.25) is 0 Å². The number of hydrogen-bond acceptors (Lipinski definition) is 6. The number of nitrogens with one attached hydrogen (secondary N) is 1. The number of carbonyl (C=O) groups excluding carboxylic acids is 1. The van der Waals surface area contributed by atoms with Gasteiger partial charge in [-0.25, -0.2) is 4.79 Å². The lowest BCUT2D eigenvalue weighted by Crippen LogP contribution is -2.44. The Morgan fingerprint density at radius 1 is 1.09 bits per heavy atom. The highest BCUT2D eigenvalue weighted by Crippen LogP contribution is 2.38. The zero-order chi connectivity index (χ0) is 22.5. The van der Waals surface area contributed by atoms with Gasteiger partial charge in [0, 0.05) is 18.3 Å². The molecule has 0 amide bonds. The summed E-state index contributed by atoms with van der Waals surface area (Å²) in [5.74, 6) is 1.32. The van der Waals surface area contributed by atoms with Crippen molar-refractivity contribution in [1.29, 1.82) is 0 Å². The number of halogens is 1. The first-order valence-corrected chi connectivity index (χ1v) is 10.7. The van der Waals surface area contributed by atoms with E-state index in [0.717, 1.165) is 28.4 Å². The van der Waals surface area contributed by atoms with Crippen LogP contribution in [-0.2, 0) is 4.74 Å². The van der Waals surface area contributed by atoms with Crippen molar-refractivity contribution >= 4 is 29.8 Å². The lowest BCUT2D eigenvalue weighted by Gasteiger charge is -2.37. The van der Waals surface area contributed by atoms with E-state index in [4.69, 9.17) is 14.2 Å². The number of rotatable bonds is 7. The fraction of sp³-hybridized carbons (Fsp3) is 0.269. The Bertz CT molecular complexity index is 1090. The first-order valence-electron chi connectivity index (χ1n) is 10.7. The van der Waals surface area contributed by atoms with E-state index in [-0.39, 0.29) is 30.5 Å². The number of anilines is 2. The van der Waals surface area contributed by atoms with E-state index in [9.17, 15) is 4.79 Å². The number of nitrogens with zero attached hydrogens (tertiary/aromatic N) is 1. The molecular formula is C26H29ClN2O4. The second-order valence-corrected chi connectivity index (χ2v) is 7.77. The Hall–Kier alpha value is -3.22. The monoisotopic (exact) mass is 468 g/mol. The van der Waals surface area contributed by atoms with Crippen LogP contribution in [0.5, 0.6) is 11.5 Å². The fourth-order valence-electron chi connectivity index (χ4n) is 3.90. The topological polar surface area (TPSA) is 60.0 Å². The molecule has 6 nitrogen and oxygen atoms in total. The van der Waals surface area contributed by atoms with Crippen LogP contribution in [-0.4, -0.2) is 39.4 Å². The third kappa shape index (κ3) is 5.59. The van der Waals surface area contributed by atoms with Crippen molar-refractivity contribution in [2.75, 3.05) is 32.2 Å². The van der Waals surface area contributed by atoms with Crippen LogP contribution in [0, 0.1) is 0 Å². The van der Waals surface area contributed by atoms with E-state index < -0.39 is 0 Å². The maximum Gasteiger partial charge on any atom is 0.337 e. The number of methoxy groups -OCH3 is 2. The number of carbonyl (C=O) groups is 1. The minimum absolute atomic E-state index is 0. The van der Waals surface area contributed by atoms with Gasteiger partial charge in [-0.2, -0.15) is 0 Å². The van der Waals surface area contributed by atoms with E-state index in [1.807, 2.05) is 60.7 Å². The molecular weight excluding hydrogens is 440 g/mol. The summed E-state index contributed by atoms with van der Waals surface area (Å²) in [5, 5.41) is 3.58. The molecule has 0 aliphatic carbocycles. The molecule has 4 rings (SSSR count).